The van der Waals surface area contributed by atoms with Crippen LogP contribution < -0.4 is 10.1 Å². The minimum atomic E-state index is -0.286. The molecule has 6 nitrogen and oxygen atoms in total. The third kappa shape index (κ3) is 3.88. The Hall–Kier alpha value is -3.22. The molecular weight excluding hydrogens is 359 g/mol. The summed E-state index contributed by atoms with van der Waals surface area (Å²) in [5, 5.41) is 11.6. The Morgan fingerprint density at radius 2 is 1.93 bits per heavy atom. The Morgan fingerprint density at radius 1 is 1.18 bits per heavy atom. The van der Waals surface area contributed by atoms with Gasteiger partial charge in [0, 0.05) is 24.6 Å². The molecule has 7 heteroatoms. The number of benzene rings is 2. The second-order valence-electron chi connectivity index (χ2n) is 6.89. The van der Waals surface area contributed by atoms with E-state index in [1.165, 1.54) is 12.1 Å². The van der Waals surface area contributed by atoms with Crippen molar-refractivity contribution >= 4 is 5.91 Å². The smallest absolute Gasteiger partial charge is 0.224 e. The fourth-order valence-electron chi connectivity index (χ4n) is 3.46. The summed E-state index contributed by atoms with van der Waals surface area (Å²) in [5.74, 6) is 2.05. The molecule has 144 valence electrons. The van der Waals surface area contributed by atoms with Crippen LogP contribution in [0.1, 0.15) is 17.8 Å². The summed E-state index contributed by atoms with van der Waals surface area (Å²) in [6, 6.07) is 13.7. The Kier molecular flexibility index (Phi) is 5.06. The van der Waals surface area contributed by atoms with Crippen LogP contribution in [0.3, 0.4) is 0 Å². The van der Waals surface area contributed by atoms with Crippen molar-refractivity contribution < 1.29 is 13.9 Å². The molecule has 0 spiro atoms. The number of rotatable bonds is 5. The first-order valence-electron chi connectivity index (χ1n) is 9.22. The third-order valence-electron chi connectivity index (χ3n) is 4.94. The monoisotopic (exact) mass is 380 g/mol. The summed E-state index contributed by atoms with van der Waals surface area (Å²) < 4.78 is 20.3. The van der Waals surface area contributed by atoms with Crippen LogP contribution in [0.5, 0.6) is 5.75 Å². The Balaban J connectivity index is 1.42. The van der Waals surface area contributed by atoms with Crippen LogP contribution >= 0.6 is 0 Å². The second kappa shape index (κ2) is 7.80. The number of carbonyl (C=O) groups excluding carboxylic acids is 1. The average molecular weight is 380 g/mol. The van der Waals surface area contributed by atoms with E-state index in [1.54, 1.807) is 19.2 Å². The van der Waals surface area contributed by atoms with Gasteiger partial charge in [0.15, 0.2) is 5.82 Å². The number of hydrogen-bond acceptors (Lipinski definition) is 4. The van der Waals surface area contributed by atoms with Gasteiger partial charge in [-0.3, -0.25) is 4.79 Å². The van der Waals surface area contributed by atoms with E-state index in [0.717, 1.165) is 35.5 Å². The topological polar surface area (TPSA) is 69.0 Å². The first kappa shape index (κ1) is 18.2. The molecule has 1 N–H and O–H groups in total. The van der Waals surface area contributed by atoms with Gasteiger partial charge in [0.2, 0.25) is 5.91 Å². The molecule has 0 radical (unpaired) electrons. The number of ether oxygens (including phenoxy) is 1. The highest BCUT2D eigenvalue weighted by Crippen LogP contribution is 2.23. The summed E-state index contributed by atoms with van der Waals surface area (Å²) >= 11 is 0. The Labute approximate surface area is 162 Å². The third-order valence-corrected chi connectivity index (χ3v) is 4.94. The number of nitrogens with zero attached hydrogens (tertiary/aromatic N) is 3. The van der Waals surface area contributed by atoms with E-state index in [4.69, 9.17) is 4.74 Å². The molecule has 2 aromatic carbocycles. The maximum absolute atomic E-state index is 13.2. The Bertz CT molecular complexity index is 967. The van der Waals surface area contributed by atoms with E-state index in [0.29, 0.717) is 18.8 Å². The molecule has 28 heavy (non-hydrogen) atoms. The van der Waals surface area contributed by atoms with E-state index in [9.17, 15) is 9.18 Å². The molecule has 0 aliphatic carbocycles. The molecule has 1 aliphatic rings. The highest BCUT2D eigenvalue weighted by Gasteiger charge is 2.24. The summed E-state index contributed by atoms with van der Waals surface area (Å²) in [5.41, 5.74) is 1.75. The maximum atomic E-state index is 13.2. The molecule has 4 rings (SSSR count). The first-order valence-corrected chi connectivity index (χ1v) is 9.22. The first-order chi connectivity index (χ1) is 13.6. The number of halogens is 1. The van der Waals surface area contributed by atoms with Crippen molar-refractivity contribution in [3.8, 4) is 17.1 Å². The number of aromatic nitrogens is 3. The molecular formula is C21H21FN4O2. The molecule has 0 bridgehead atoms. The molecule has 3 aromatic rings. The van der Waals surface area contributed by atoms with Crippen LogP contribution in [-0.2, 0) is 24.2 Å². The normalized spacial score (nSPS) is 15.7. The lowest BCUT2D eigenvalue weighted by molar-refractivity contribution is -0.121. The molecule has 0 fully saturated rings. The van der Waals surface area contributed by atoms with Crippen LogP contribution in [0.2, 0.25) is 0 Å². The highest BCUT2D eigenvalue weighted by atomic mass is 19.1. The zero-order chi connectivity index (χ0) is 19.5. The lowest BCUT2D eigenvalue weighted by Gasteiger charge is -2.25. The van der Waals surface area contributed by atoms with E-state index in [2.05, 4.69) is 15.5 Å². The van der Waals surface area contributed by atoms with Gasteiger partial charge in [-0.05, 0) is 48.4 Å². The largest absolute Gasteiger partial charge is 0.497 e. The van der Waals surface area contributed by atoms with Crippen molar-refractivity contribution in [2.45, 2.75) is 31.8 Å². The van der Waals surface area contributed by atoms with Gasteiger partial charge in [0.25, 0.3) is 0 Å². The fraction of sp³-hybridized carbons (Fsp3) is 0.286. The van der Waals surface area contributed by atoms with E-state index >= 15 is 0 Å². The van der Waals surface area contributed by atoms with Gasteiger partial charge in [-0.1, -0.05) is 12.1 Å². The molecule has 1 atom stereocenters. The van der Waals surface area contributed by atoms with Crippen LogP contribution in [0.15, 0.2) is 48.5 Å². The number of aryl methyl sites for hydroxylation is 1. The van der Waals surface area contributed by atoms with Crippen molar-refractivity contribution in [1.82, 2.24) is 20.1 Å². The fourth-order valence-corrected chi connectivity index (χ4v) is 3.46. The molecule has 1 aliphatic heterocycles. The van der Waals surface area contributed by atoms with Crippen molar-refractivity contribution in [2.75, 3.05) is 7.11 Å². The molecule has 1 aromatic heterocycles. The van der Waals surface area contributed by atoms with Crippen LogP contribution in [0, 0.1) is 5.82 Å². The number of fused-ring (bicyclic) bond motifs is 1. The summed E-state index contributed by atoms with van der Waals surface area (Å²) in [6.07, 6.45) is 1.87. The number of hydrogen-bond donors (Lipinski definition) is 1. The van der Waals surface area contributed by atoms with Crippen LogP contribution in [0.25, 0.3) is 11.4 Å². The number of amides is 1. The standard InChI is InChI=1S/C21H21FN4O2/c1-28-18-9-2-14(3-10-18)12-20(27)23-17-8-11-19-24-25-21(26(19)13-17)15-4-6-16(22)7-5-15/h2-7,9-10,17H,8,11-13H2,1H3,(H,23,27). The Morgan fingerprint density at radius 3 is 2.64 bits per heavy atom. The summed E-state index contributed by atoms with van der Waals surface area (Å²) in [7, 11) is 1.62. The predicted octanol–water partition coefficient (Wildman–Crippen LogP) is 2.77. The zero-order valence-electron chi connectivity index (χ0n) is 15.6. The van der Waals surface area contributed by atoms with Gasteiger partial charge >= 0.3 is 0 Å². The maximum Gasteiger partial charge on any atom is 0.224 e. The van der Waals surface area contributed by atoms with Gasteiger partial charge < -0.3 is 14.6 Å². The number of carbonyl (C=O) groups is 1. The quantitative estimate of drug-likeness (QED) is 0.739. The van der Waals surface area contributed by atoms with Gasteiger partial charge in [-0.2, -0.15) is 0 Å². The molecule has 0 saturated carbocycles. The highest BCUT2D eigenvalue weighted by molar-refractivity contribution is 5.78. The molecule has 0 saturated heterocycles. The minimum absolute atomic E-state index is 0.00782. The van der Waals surface area contributed by atoms with Gasteiger partial charge in [-0.25, -0.2) is 4.39 Å². The zero-order valence-corrected chi connectivity index (χ0v) is 15.6. The molecule has 2 heterocycles. The molecule has 1 unspecified atom stereocenters. The van der Waals surface area contributed by atoms with Gasteiger partial charge in [0.1, 0.15) is 17.4 Å². The van der Waals surface area contributed by atoms with Crippen molar-refractivity contribution in [1.29, 1.82) is 0 Å². The van der Waals surface area contributed by atoms with E-state index in [1.807, 2.05) is 28.8 Å². The van der Waals surface area contributed by atoms with Crippen molar-refractivity contribution in [3.63, 3.8) is 0 Å². The SMILES string of the molecule is COc1ccc(CC(=O)NC2CCc3nnc(-c4ccc(F)cc4)n3C2)cc1. The predicted molar refractivity (Wildman–Crippen MR) is 102 cm³/mol. The number of methoxy groups -OCH3 is 1. The molecule has 1 amide bonds. The lowest BCUT2D eigenvalue weighted by Crippen LogP contribution is -2.41. The average Bonchev–Trinajstić information content (AvgIpc) is 3.12. The van der Waals surface area contributed by atoms with Gasteiger partial charge in [-0.15, -0.1) is 10.2 Å². The summed E-state index contributed by atoms with van der Waals surface area (Å²) in [4.78, 5) is 12.5. The van der Waals surface area contributed by atoms with E-state index < -0.39 is 0 Å². The van der Waals surface area contributed by atoms with Crippen LogP contribution in [-0.4, -0.2) is 33.8 Å². The van der Waals surface area contributed by atoms with E-state index in [-0.39, 0.29) is 17.8 Å². The van der Waals surface area contributed by atoms with Crippen LogP contribution in [0.4, 0.5) is 4.39 Å². The van der Waals surface area contributed by atoms with Crippen molar-refractivity contribution in [2.24, 2.45) is 0 Å². The van der Waals surface area contributed by atoms with Crippen molar-refractivity contribution in [3.05, 3.63) is 65.7 Å². The van der Waals surface area contributed by atoms with Gasteiger partial charge in [0.05, 0.1) is 13.5 Å². The lowest BCUT2D eigenvalue weighted by atomic mass is 10.1. The second-order valence-corrected chi connectivity index (χ2v) is 6.89. The minimum Gasteiger partial charge on any atom is -0.497 e. The summed E-state index contributed by atoms with van der Waals surface area (Å²) in [6.45, 7) is 0.601. The number of nitrogens with one attached hydrogen (secondary N) is 1.